The molecule has 4 nitrogen and oxygen atoms in total. The first-order chi connectivity index (χ1) is 8.69. The number of aliphatic hydroxyl groups is 2. The fourth-order valence-electron chi connectivity index (χ4n) is 1.76. The van der Waals surface area contributed by atoms with E-state index in [4.69, 9.17) is 5.11 Å². The van der Waals surface area contributed by atoms with Crippen LogP contribution in [0.1, 0.15) is 31.4 Å². The van der Waals surface area contributed by atoms with Crippen molar-refractivity contribution in [2.75, 3.05) is 13.2 Å². The largest absolute Gasteiger partial charge is 0.396 e. The van der Waals surface area contributed by atoms with Gasteiger partial charge in [0.15, 0.2) is 6.10 Å². The van der Waals surface area contributed by atoms with Crippen molar-refractivity contribution >= 4 is 5.91 Å². The van der Waals surface area contributed by atoms with Crippen molar-refractivity contribution in [1.82, 2.24) is 5.32 Å². The molecule has 1 unspecified atom stereocenters. The number of aliphatic hydroxyl groups excluding tert-OH is 2. The van der Waals surface area contributed by atoms with Gasteiger partial charge in [-0.2, -0.15) is 0 Å². The number of hydrogen-bond donors (Lipinski definition) is 3. The zero-order valence-corrected chi connectivity index (χ0v) is 10.7. The van der Waals surface area contributed by atoms with E-state index in [9.17, 15) is 9.90 Å². The number of amides is 1. The summed E-state index contributed by atoms with van der Waals surface area (Å²) in [6, 6.07) is 8.84. The van der Waals surface area contributed by atoms with Gasteiger partial charge in [0, 0.05) is 13.2 Å². The minimum absolute atomic E-state index is 0.121. The highest BCUT2D eigenvalue weighted by molar-refractivity contribution is 5.81. The summed E-state index contributed by atoms with van der Waals surface area (Å²) in [5, 5.41) is 21.4. The van der Waals surface area contributed by atoms with Crippen molar-refractivity contribution in [3.05, 3.63) is 35.9 Å². The van der Waals surface area contributed by atoms with Crippen LogP contribution >= 0.6 is 0 Å². The lowest BCUT2D eigenvalue weighted by Crippen LogP contribution is -2.33. The second-order valence-corrected chi connectivity index (χ2v) is 4.34. The maximum Gasteiger partial charge on any atom is 0.253 e. The number of nitrogens with one attached hydrogen (secondary N) is 1. The van der Waals surface area contributed by atoms with E-state index in [2.05, 4.69) is 5.32 Å². The fourth-order valence-corrected chi connectivity index (χ4v) is 1.76. The van der Waals surface area contributed by atoms with Crippen LogP contribution in [-0.4, -0.2) is 29.3 Å². The highest BCUT2D eigenvalue weighted by Gasteiger charge is 2.17. The molecule has 1 amide bonds. The summed E-state index contributed by atoms with van der Waals surface area (Å²) in [5.74, 6) is -0.139. The van der Waals surface area contributed by atoms with E-state index < -0.39 is 12.0 Å². The van der Waals surface area contributed by atoms with Gasteiger partial charge in [0.1, 0.15) is 0 Å². The molecule has 4 heteroatoms. The van der Waals surface area contributed by atoms with E-state index in [-0.39, 0.29) is 12.5 Å². The Kier molecular flexibility index (Phi) is 6.39. The van der Waals surface area contributed by atoms with Crippen molar-refractivity contribution in [2.24, 2.45) is 5.92 Å². The molecule has 18 heavy (non-hydrogen) atoms. The van der Waals surface area contributed by atoms with Gasteiger partial charge in [-0.25, -0.2) is 0 Å². The zero-order chi connectivity index (χ0) is 13.4. The van der Waals surface area contributed by atoms with Crippen LogP contribution in [0.5, 0.6) is 0 Å². The van der Waals surface area contributed by atoms with Crippen molar-refractivity contribution in [3.63, 3.8) is 0 Å². The first-order valence-electron chi connectivity index (χ1n) is 6.30. The topological polar surface area (TPSA) is 69.6 Å². The molecular weight excluding hydrogens is 230 g/mol. The molecule has 1 aromatic rings. The molecule has 0 aliphatic carbocycles. The van der Waals surface area contributed by atoms with Gasteiger partial charge in [0.2, 0.25) is 0 Å². The van der Waals surface area contributed by atoms with Crippen LogP contribution in [-0.2, 0) is 4.79 Å². The van der Waals surface area contributed by atoms with Crippen LogP contribution in [0.2, 0.25) is 0 Å². The molecular formula is C14H21NO3. The van der Waals surface area contributed by atoms with E-state index >= 15 is 0 Å². The summed E-state index contributed by atoms with van der Waals surface area (Å²) in [4.78, 5) is 11.7. The van der Waals surface area contributed by atoms with Crippen LogP contribution in [0.15, 0.2) is 30.3 Å². The predicted octanol–water partition coefficient (Wildman–Crippen LogP) is 1.24. The summed E-state index contributed by atoms with van der Waals surface area (Å²) in [6.07, 6.45) is 0.429. The molecule has 0 fully saturated rings. The first-order valence-corrected chi connectivity index (χ1v) is 6.30. The Morgan fingerprint density at radius 2 is 2.00 bits per heavy atom. The molecule has 0 saturated carbocycles. The van der Waals surface area contributed by atoms with Crippen LogP contribution in [0.4, 0.5) is 0 Å². The van der Waals surface area contributed by atoms with Gasteiger partial charge in [-0.05, 0) is 17.9 Å². The Balaban J connectivity index is 2.45. The second-order valence-electron chi connectivity index (χ2n) is 4.34. The Morgan fingerprint density at radius 3 is 2.56 bits per heavy atom. The normalized spacial score (nSPS) is 13.9. The standard InChI is InChI=1S/C14H21NO3/c1-2-11(8-9-16)10-15-14(18)13(17)12-6-4-3-5-7-12/h3-7,11,13,16-17H,2,8-10H2,1H3,(H,15,18)/t11?,13-/m1/s1. The number of benzene rings is 1. The summed E-state index contributed by atoms with van der Waals surface area (Å²) in [7, 11) is 0. The summed E-state index contributed by atoms with van der Waals surface area (Å²) >= 11 is 0. The summed E-state index contributed by atoms with van der Waals surface area (Å²) in [6.45, 7) is 2.62. The molecule has 0 bridgehead atoms. The molecule has 0 spiro atoms. The highest BCUT2D eigenvalue weighted by atomic mass is 16.3. The lowest BCUT2D eigenvalue weighted by atomic mass is 10.0. The fraction of sp³-hybridized carbons (Fsp3) is 0.500. The summed E-state index contributed by atoms with van der Waals surface area (Å²) < 4.78 is 0. The number of carbonyl (C=O) groups is 1. The smallest absolute Gasteiger partial charge is 0.253 e. The van der Waals surface area contributed by atoms with E-state index in [1.807, 2.05) is 13.0 Å². The van der Waals surface area contributed by atoms with Crippen molar-refractivity contribution in [2.45, 2.75) is 25.9 Å². The van der Waals surface area contributed by atoms with Gasteiger partial charge in [-0.3, -0.25) is 4.79 Å². The van der Waals surface area contributed by atoms with Gasteiger partial charge in [0.05, 0.1) is 0 Å². The maximum absolute atomic E-state index is 11.7. The van der Waals surface area contributed by atoms with E-state index in [0.717, 1.165) is 6.42 Å². The average Bonchev–Trinajstić information content (AvgIpc) is 2.43. The van der Waals surface area contributed by atoms with Crippen molar-refractivity contribution in [3.8, 4) is 0 Å². The van der Waals surface area contributed by atoms with E-state index in [1.54, 1.807) is 24.3 Å². The molecule has 100 valence electrons. The van der Waals surface area contributed by atoms with Gasteiger partial charge in [0.25, 0.3) is 5.91 Å². The molecule has 2 atom stereocenters. The monoisotopic (exact) mass is 251 g/mol. The van der Waals surface area contributed by atoms with Crippen LogP contribution in [0, 0.1) is 5.92 Å². The van der Waals surface area contributed by atoms with Crippen molar-refractivity contribution in [1.29, 1.82) is 0 Å². The molecule has 3 N–H and O–H groups in total. The lowest BCUT2D eigenvalue weighted by molar-refractivity contribution is -0.129. The number of rotatable bonds is 7. The van der Waals surface area contributed by atoms with Gasteiger partial charge < -0.3 is 15.5 Å². The zero-order valence-electron chi connectivity index (χ0n) is 10.7. The third-order valence-electron chi connectivity index (χ3n) is 3.04. The highest BCUT2D eigenvalue weighted by Crippen LogP contribution is 2.12. The molecule has 0 aliphatic rings. The SMILES string of the molecule is CCC(CCO)CNC(=O)[C@H](O)c1ccccc1. The van der Waals surface area contributed by atoms with Crippen LogP contribution < -0.4 is 5.32 Å². The molecule has 1 aromatic carbocycles. The average molecular weight is 251 g/mol. The predicted molar refractivity (Wildman–Crippen MR) is 69.9 cm³/mol. The summed E-state index contributed by atoms with van der Waals surface area (Å²) in [5.41, 5.74) is 0.588. The molecule has 0 saturated heterocycles. The quantitative estimate of drug-likeness (QED) is 0.683. The minimum Gasteiger partial charge on any atom is -0.396 e. The third-order valence-corrected chi connectivity index (χ3v) is 3.04. The molecule has 0 heterocycles. The Bertz CT molecular complexity index is 353. The van der Waals surface area contributed by atoms with Crippen LogP contribution in [0.25, 0.3) is 0 Å². The van der Waals surface area contributed by atoms with Crippen molar-refractivity contribution < 1.29 is 15.0 Å². The Labute approximate surface area is 108 Å². The maximum atomic E-state index is 11.7. The Hall–Kier alpha value is -1.39. The Morgan fingerprint density at radius 1 is 1.33 bits per heavy atom. The molecule has 0 radical (unpaired) electrons. The number of carbonyl (C=O) groups excluding carboxylic acids is 1. The number of hydrogen-bond acceptors (Lipinski definition) is 3. The van der Waals surface area contributed by atoms with Gasteiger partial charge in [-0.15, -0.1) is 0 Å². The first kappa shape index (κ1) is 14.7. The molecule has 0 aromatic heterocycles. The van der Waals surface area contributed by atoms with Gasteiger partial charge in [-0.1, -0.05) is 43.7 Å². The lowest BCUT2D eigenvalue weighted by Gasteiger charge is -2.16. The van der Waals surface area contributed by atoms with Crippen LogP contribution in [0.3, 0.4) is 0 Å². The third kappa shape index (κ3) is 4.47. The van der Waals surface area contributed by atoms with Gasteiger partial charge >= 0.3 is 0 Å². The second kappa shape index (κ2) is 7.84. The van der Waals surface area contributed by atoms with E-state index in [1.165, 1.54) is 0 Å². The molecule has 0 aliphatic heterocycles. The molecule has 1 rings (SSSR count). The van der Waals surface area contributed by atoms with E-state index in [0.29, 0.717) is 18.5 Å². The minimum atomic E-state index is -1.13.